The van der Waals surface area contributed by atoms with Crippen LogP contribution in [0.1, 0.15) is 5.56 Å². The fourth-order valence-corrected chi connectivity index (χ4v) is 3.44. The van der Waals surface area contributed by atoms with E-state index in [1.54, 1.807) is 0 Å². The molecule has 0 heterocycles. The van der Waals surface area contributed by atoms with Crippen LogP contribution in [0.5, 0.6) is 0 Å². The molecule has 4 aromatic carbocycles. The molecule has 0 aliphatic rings. The van der Waals surface area contributed by atoms with E-state index >= 15 is 0 Å². The smallest absolute Gasteiger partial charge is 0.133 e. The van der Waals surface area contributed by atoms with Crippen molar-refractivity contribution >= 4 is 27.2 Å². The summed E-state index contributed by atoms with van der Waals surface area (Å²) in [7, 11) is 4.55. The zero-order valence-corrected chi connectivity index (χ0v) is 14.2. The van der Waals surface area contributed by atoms with E-state index in [4.69, 9.17) is 0 Å². The first kappa shape index (κ1) is 14.9. The van der Waals surface area contributed by atoms with Crippen LogP contribution in [0.3, 0.4) is 0 Å². The summed E-state index contributed by atoms with van der Waals surface area (Å²) in [5, 5.41) is 5.22. The number of rotatable bonds is 3. The van der Waals surface area contributed by atoms with Crippen LogP contribution in [0, 0.1) is 0 Å². The number of hydrogen-bond donors (Lipinski definition) is 0. The van der Waals surface area contributed by atoms with Crippen molar-refractivity contribution in [2.45, 2.75) is 6.54 Å². The first-order valence-electron chi connectivity index (χ1n) is 8.42. The molecule has 0 amide bonds. The quantitative estimate of drug-likeness (QED) is 0.422. The Bertz CT molecular complexity index is 1010. The predicted octanol–water partition coefficient (Wildman–Crippen LogP) is 5.76. The highest BCUT2D eigenvalue weighted by atomic mass is 15.3. The highest BCUT2D eigenvalue weighted by Crippen LogP contribution is 2.27. The summed E-state index contributed by atoms with van der Waals surface area (Å²) in [5.41, 5.74) is 2.70. The van der Waals surface area contributed by atoms with E-state index in [-0.39, 0.29) is 0 Å². The Balaban J connectivity index is 1.69. The first-order chi connectivity index (χ1) is 11.6. The number of benzene rings is 4. The van der Waals surface area contributed by atoms with E-state index in [2.05, 4.69) is 99.0 Å². The van der Waals surface area contributed by atoms with Gasteiger partial charge >= 0.3 is 0 Å². The lowest BCUT2D eigenvalue weighted by atomic mass is 10.1. The van der Waals surface area contributed by atoms with Gasteiger partial charge in [0.2, 0.25) is 0 Å². The van der Waals surface area contributed by atoms with E-state index in [9.17, 15) is 0 Å². The molecule has 0 atom stereocenters. The molecule has 0 aliphatic heterocycles. The van der Waals surface area contributed by atoms with Gasteiger partial charge in [0.25, 0.3) is 0 Å². The summed E-state index contributed by atoms with van der Waals surface area (Å²) in [6.07, 6.45) is 0. The molecule has 4 rings (SSSR count). The fourth-order valence-electron chi connectivity index (χ4n) is 3.44. The minimum Gasteiger partial charge on any atom is -0.292 e. The van der Waals surface area contributed by atoms with Crippen molar-refractivity contribution in [2.24, 2.45) is 0 Å². The van der Waals surface area contributed by atoms with Gasteiger partial charge in [-0.3, -0.25) is 4.48 Å². The van der Waals surface area contributed by atoms with Crippen molar-refractivity contribution in [3.8, 4) is 0 Å². The van der Waals surface area contributed by atoms with E-state index in [0.29, 0.717) is 0 Å². The Morgan fingerprint density at radius 2 is 1.12 bits per heavy atom. The largest absolute Gasteiger partial charge is 0.292 e. The minimum atomic E-state index is 0.836. The van der Waals surface area contributed by atoms with Gasteiger partial charge in [-0.25, -0.2) is 0 Å². The van der Waals surface area contributed by atoms with Gasteiger partial charge in [-0.15, -0.1) is 0 Å². The molecule has 0 saturated heterocycles. The minimum absolute atomic E-state index is 0.836. The molecule has 1 nitrogen and oxygen atoms in total. The number of nitrogens with zero attached hydrogens (tertiary/aromatic N) is 1. The standard InChI is InChI=1S/C23H22N/c1-24(2,23-14-13-20-8-4-6-10-22(20)16-23)17-18-11-12-19-7-3-5-9-21(19)15-18/h3-16H,17H2,1-2H3/q+1. The van der Waals surface area contributed by atoms with Crippen LogP contribution < -0.4 is 4.48 Å². The van der Waals surface area contributed by atoms with E-state index < -0.39 is 0 Å². The van der Waals surface area contributed by atoms with Gasteiger partial charge in [0.05, 0.1) is 14.1 Å². The van der Waals surface area contributed by atoms with Crippen LogP contribution in [-0.2, 0) is 6.54 Å². The summed E-state index contributed by atoms with van der Waals surface area (Å²) in [6, 6.07) is 30.7. The lowest BCUT2D eigenvalue weighted by Crippen LogP contribution is -2.39. The molecular weight excluding hydrogens is 290 g/mol. The average Bonchev–Trinajstić information content (AvgIpc) is 2.61. The summed E-state index contributed by atoms with van der Waals surface area (Å²) < 4.78 is 0.836. The van der Waals surface area contributed by atoms with Crippen molar-refractivity contribution in [3.05, 3.63) is 90.5 Å². The van der Waals surface area contributed by atoms with Gasteiger partial charge in [-0.2, -0.15) is 0 Å². The third kappa shape index (κ3) is 2.79. The molecule has 0 fully saturated rings. The van der Waals surface area contributed by atoms with Crippen molar-refractivity contribution < 1.29 is 0 Å². The van der Waals surface area contributed by atoms with Gasteiger partial charge < -0.3 is 0 Å². The Morgan fingerprint density at radius 3 is 1.79 bits per heavy atom. The predicted molar refractivity (Wildman–Crippen MR) is 105 cm³/mol. The molecule has 24 heavy (non-hydrogen) atoms. The molecule has 0 N–H and O–H groups in total. The van der Waals surface area contributed by atoms with Gasteiger partial charge in [-0.05, 0) is 39.7 Å². The zero-order chi connectivity index (χ0) is 16.6. The third-order valence-electron chi connectivity index (χ3n) is 4.82. The number of quaternary nitrogens is 1. The molecule has 0 aliphatic carbocycles. The van der Waals surface area contributed by atoms with E-state index in [1.165, 1.54) is 32.8 Å². The summed E-state index contributed by atoms with van der Waals surface area (Å²) in [5.74, 6) is 0. The second-order valence-electron chi connectivity index (χ2n) is 7.06. The fraction of sp³-hybridized carbons (Fsp3) is 0.130. The van der Waals surface area contributed by atoms with Crippen LogP contribution in [0.4, 0.5) is 5.69 Å². The van der Waals surface area contributed by atoms with Gasteiger partial charge in [-0.1, -0.05) is 60.7 Å². The average molecular weight is 312 g/mol. The maximum atomic E-state index is 2.32. The molecule has 4 aromatic rings. The second-order valence-corrected chi connectivity index (χ2v) is 7.06. The Kier molecular flexibility index (Phi) is 3.59. The molecule has 118 valence electrons. The van der Waals surface area contributed by atoms with Gasteiger partial charge in [0.1, 0.15) is 12.2 Å². The lowest BCUT2D eigenvalue weighted by molar-refractivity contribution is 0.392. The topological polar surface area (TPSA) is 0 Å². The summed E-state index contributed by atoms with van der Waals surface area (Å²) in [4.78, 5) is 0. The van der Waals surface area contributed by atoms with Crippen molar-refractivity contribution in [1.82, 2.24) is 4.48 Å². The lowest BCUT2D eigenvalue weighted by Gasteiger charge is -2.29. The highest BCUT2D eigenvalue weighted by Gasteiger charge is 2.20. The Morgan fingerprint density at radius 1 is 0.583 bits per heavy atom. The van der Waals surface area contributed by atoms with Crippen LogP contribution in [0.25, 0.3) is 21.5 Å². The number of fused-ring (bicyclic) bond motifs is 2. The molecule has 0 saturated carbocycles. The zero-order valence-electron chi connectivity index (χ0n) is 14.2. The van der Waals surface area contributed by atoms with Gasteiger partial charge in [0, 0.05) is 11.6 Å². The molecule has 0 bridgehead atoms. The molecule has 1 heteroatoms. The molecular formula is C23H22N+. The normalized spacial score (nSPS) is 11.9. The first-order valence-corrected chi connectivity index (χ1v) is 8.42. The maximum absolute atomic E-state index is 2.32. The van der Waals surface area contributed by atoms with E-state index in [0.717, 1.165) is 11.0 Å². The molecule has 0 spiro atoms. The van der Waals surface area contributed by atoms with Crippen LogP contribution in [-0.4, -0.2) is 14.1 Å². The Hall–Kier alpha value is -2.64. The second kappa shape index (κ2) is 5.77. The van der Waals surface area contributed by atoms with E-state index in [1.807, 2.05) is 0 Å². The third-order valence-corrected chi connectivity index (χ3v) is 4.82. The number of hydrogen-bond acceptors (Lipinski definition) is 0. The SMILES string of the molecule is C[N+](C)(Cc1ccc2ccccc2c1)c1ccc2ccccc2c1. The van der Waals surface area contributed by atoms with Crippen molar-refractivity contribution in [2.75, 3.05) is 14.1 Å². The molecule has 0 unspecified atom stereocenters. The van der Waals surface area contributed by atoms with Crippen molar-refractivity contribution in [1.29, 1.82) is 0 Å². The summed E-state index contributed by atoms with van der Waals surface area (Å²) >= 11 is 0. The van der Waals surface area contributed by atoms with Gasteiger partial charge in [0.15, 0.2) is 0 Å². The van der Waals surface area contributed by atoms with Crippen LogP contribution >= 0.6 is 0 Å². The maximum Gasteiger partial charge on any atom is 0.133 e. The molecule has 0 aromatic heterocycles. The van der Waals surface area contributed by atoms with Crippen molar-refractivity contribution in [3.63, 3.8) is 0 Å². The van der Waals surface area contributed by atoms with Crippen LogP contribution in [0.2, 0.25) is 0 Å². The Labute approximate surface area is 143 Å². The molecule has 0 radical (unpaired) electrons. The van der Waals surface area contributed by atoms with Crippen LogP contribution in [0.15, 0.2) is 84.9 Å². The monoisotopic (exact) mass is 312 g/mol. The summed E-state index contributed by atoms with van der Waals surface area (Å²) in [6.45, 7) is 0.975. The highest BCUT2D eigenvalue weighted by molar-refractivity contribution is 5.85.